The molecule has 0 radical (unpaired) electrons. The zero-order chi connectivity index (χ0) is 20.8. The Morgan fingerprint density at radius 3 is 2.21 bits per heavy atom. The van der Waals surface area contributed by atoms with Crippen LogP contribution in [0.3, 0.4) is 0 Å². The average Bonchev–Trinajstić information content (AvgIpc) is 3.13. The molecule has 29 heavy (non-hydrogen) atoms. The second-order valence-corrected chi connectivity index (χ2v) is 6.39. The summed E-state index contributed by atoms with van der Waals surface area (Å²) in [5, 5.41) is 8.20. The molecule has 0 fully saturated rings. The first-order chi connectivity index (χ1) is 14.0. The maximum Gasteiger partial charge on any atom is 0.271 e. The van der Waals surface area contributed by atoms with Crippen LogP contribution in [0.4, 0.5) is 11.5 Å². The molecule has 0 aliphatic rings. The molecule has 0 unspecified atom stereocenters. The molecule has 150 valence electrons. The molecule has 0 saturated carbocycles. The largest absolute Gasteiger partial charge is 0.457 e. The number of hydrogen-bond donors (Lipinski definition) is 3. The smallest absolute Gasteiger partial charge is 0.271 e. The molecular formula is C21H23N5O3. The van der Waals surface area contributed by atoms with Crippen LogP contribution in [-0.4, -0.2) is 35.5 Å². The van der Waals surface area contributed by atoms with Gasteiger partial charge in [-0.05, 0) is 43.3 Å². The van der Waals surface area contributed by atoms with E-state index in [1.165, 1.54) is 17.9 Å². The first-order valence-electron chi connectivity index (χ1n) is 9.09. The number of benzene rings is 2. The van der Waals surface area contributed by atoms with Crippen LogP contribution < -0.4 is 20.7 Å². The van der Waals surface area contributed by atoms with Gasteiger partial charge in [-0.2, -0.15) is 0 Å². The van der Waals surface area contributed by atoms with Gasteiger partial charge in [0.25, 0.3) is 5.91 Å². The standard InChI is InChI=1S/C21H23N5O3/c1-14-4-8-16(9-5-14)29-17-10-6-15(7-11-17)25-18(27)12-26-13-24-20(22-2)19(26)21(28)23-3/h4-11,13,22H,12H2,1-3H3,(H,23,28)(H,25,27). The second-order valence-electron chi connectivity index (χ2n) is 6.39. The van der Waals surface area contributed by atoms with Crippen molar-refractivity contribution in [3.63, 3.8) is 0 Å². The number of carbonyl (C=O) groups is 2. The van der Waals surface area contributed by atoms with E-state index in [2.05, 4.69) is 20.9 Å². The molecule has 8 heteroatoms. The van der Waals surface area contributed by atoms with Crippen LogP contribution in [0.5, 0.6) is 11.5 Å². The van der Waals surface area contributed by atoms with E-state index in [1.807, 2.05) is 31.2 Å². The van der Waals surface area contributed by atoms with Crippen LogP contribution in [-0.2, 0) is 11.3 Å². The van der Waals surface area contributed by atoms with Crippen LogP contribution >= 0.6 is 0 Å². The van der Waals surface area contributed by atoms with E-state index in [4.69, 9.17) is 4.74 Å². The predicted molar refractivity (Wildman–Crippen MR) is 111 cm³/mol. The number of imidazole rings is 1. The van der Waals surface area contributed by atoms with Crippen molar-refractivity contribution in [3.05, 3.63) is 66.1 Å². The highest BCUT2D eigenvalue weighted by molar-refractivity contribution is 5.98. The Morgan fingerprint density at radius 2 is 1.62 bits per heavy atom. The Kier molecular flexibility index (Phi) is 6.13. The summed E-state index contributed by atoms with van der Waals surface area (Å²) in [6, 6.07) is 14.8. The number of amides is 2. The molecule has 3 N–H and O–H groups in total. The molecule has 0 aliphatic heterocycles. The predicted octanol–water partition coefficient (Wildman–Crippen LogP) is 3.02. The van der Waals surface area contributed by atoms with Crippen LogP contribution in [0.2, 0.25) is 0 Å². The molecule has 0 spiro atoms. The van der Waals surface area contributed by atoms with Crippen molar-refractivity contribution < 1.29 is 14.3 Å². The Hall–Kier alpha value is -3.81. The second kappa shape index (κ2) is 8.92. The maximum absolute atomic E-state index is 12.4. The average molecular weight is 393 g/mol. The fourth-order valence-corrected chi connectivity index (χ4v) is 2.75. The highest BCUT2D eigenvalue weighted by atomic mass is 16.5. The Labute approximate surface area is 168 Å². The Balaban J connectivity index is 1.63. The molecule has 0 saturated heterocycles. The molecule has 3 rings (SSSR count). The molecule has 0 bridgehead atoms. The fourth-order valence-electron chi connectivity index (χ4n) is 2.75. The zero-order valence-corrected chi connectivity index (χ0v) is 16.5. The fraction of sp³-hybridized carbons (Fsp3) is 0.190. The molecule has 0 aliphatic carbocycles. The van der Waals surface area contributed by atoms with Gasteiger partial charge in [0, 0.05) is 19.8 Å². The Bertz CT molecular complexity index is 994. The number of carbonyl (C=O) groups excluding carboxylic acids is 2. The maximum atomic E-state index is 12.4. The molecule has 2 aromatic carbocycles. The molecule has 2 amide bonds. The van der Waals surface area contributed by atoms with Gasteiger partial charge in [-0.25, -0.2) is 4.98 Å². The SMILES string of the molecule is CNC(=O)c1c(NC)ncn1CC(=O)Nc1ccc(Oc2ccc(C)cc2)cc1. The van der Waals surface area contributed by atoms with E-state index in [1.54, 1.807) is 31.3 Å². The van der Waals surface area contributed by atoms with Gasteiger partial charge in [-0.3, -0.25) is 9.59 Å². The molecular weight excluding hydrogens is 370 g/mol. The molecule has 1 heterocycles. The monoisotopic (exact) mass is 393 g/mol. The third kappa shape index (κ3) is 4.92. The highest BCUT2D eigenvalue weighted by Crippen LogP contribution is 2.23. The van der Waals surface area contributed by atoms with E-state index in [0.29, 0.717) is 22.9 Å². The number of aromatic nitrogens is 2. The van der Waals surface area contributed by atoms with Gasteiger partial charge >= 0.3 is 0 Å². The first kappa shape index (κ1) is 19.9. The number of rotatable bonds is 7. The van der Waals surface area contributed by atoms with Crippen molar-refractivity contribution in [3.8, 4) is 11.5 Å². The van der Waals surface area contributed by atoms with Gasteiger partial charge in [0.2, 0.25) is 5.91 Å². The molecule has 1 aromatic heterocycles. The summed E-state index contributed by atoms with van der Waals surface area (Å²) in [5.74, 6) is 1.23. The van der Waals surface area contributed by atoms with Crippen LogP contribution in [0, 0.1) is 6.92 Å². The lowest BCUT2D eigenvalue weighted by Crippen LogP contribution is -2.26. The summed E-state index contributed by atoms with van der Waals surface area (Å²) in [6.45, 7) is 1.97. The summed E-state index contributed by atoms with van der Waals surface area (Å²) in [5.41, 5.74) is 2.09. The van der Waals surface area contributed by atoms with Crippen molar-refractivity contribution in [2.75, 3.05) is 24.7 Å². The van der Waals surface area contributed by atoms with E-state index in [-0.39, 0.29) is 18.4 Å². The number of nitrogens with one attached hydrogen (secondary N) is 3. The Morgan fingerprint density at radius 1 is 1.00 bits per heavy atom. The van der Waals surface area contributed by atoms with Crippen molar-refractivity contribution >= 4 is 23.3 Å². The third-order valence-corrected chi connectivity index (χ3v) is 4.23. The van der Waals surface area contributed by atoms with E-state index in [0.717, 1.165) is 11.3 Å². The van der Waals surface area contributed by atoms with Crippen LogP contribution in [0.15, 0.2) is 54.9 Å². The van der Waals surface area contributed by atoms with Crippen LogP contribution in [0.25, 0.3) is 0 Å². The van der Waals surface area contributed by atoms with Crippen molar-refractivity contribution in [1.29, 1.82) is 0 Å². The summed E-state index contributed by atoms with van der Waals surface area (Å²) in [7, 11) is 3.19. The van der Waals surface area contributed by atoms with Gasteiger partial charge in [0.05, 0.1) is 6.33 Å². The van der Waals surface area contributed by atoms with Crippen LogP contribution in [0.1, 0.15) is 16.1 Å². The third-order valence-electron chi connectivity index (χ3n) is 4.23. The molecule has 8 nitrogen and oxygen atoms in total. The van der Waals surface area contributed by atoms with Crippen molar-refractivity contribution in [1.82, 2.24) is 14.9 Å². The van der Waals surface area contributed by atoms with Gasteiger partial charge in [0.1, 0.15) is 18.0 Å². The van der Waals surface area contributed by atoms with Crippen molar-refractivity contribution in [2.24, 2.45) is 0 Å². The van der Waals surface area contributed by atoms with Gasteiger partial charge in [0.15, 0.2) is 11.5 Å². The lowest BCUT2D eigenvalue weighted by atomic mass is 10.2. The first-order valence-corrected chi connectivity index (χ1v) is 9.09. The minimum absolute atomic E-state index is 0.0426. The quantitative estimate of drug-likeness (QED) is 0.573. The van der Waals surface area contributed by atoms with Crippen molar-refractivity contribution in [2.45, 2.75) is 13.5 Å². The lowest BCUT2D eigenvalue weighted by molar-refractivity contribution is -0.116. The number of ether oxygens (including phenoxy) is 1. The summed E-state index contributed by atoms with van der Waals surface area (Å²) in [4.78, 5) is 28.6. The topological polar surface area (TPSA) is 97.3 Å². The minimum atomic E-state index is -0.322. The molecule has 3 aromatic rings. The van der Waals surface area contributed by atoms with E-state index in [9.17, 15) is 9.59 Å². The van der Waals surface area contributed by atoms with Gasteiger partial charge in [-0.1, -0.05) is 17.7 Å². The van der Waals surface area contributed by atoms with Gasteiger partial charge < -0.3 is 25.3 Å². The number of aryl methyl sites for hydroxylation is 1. The number of anilines is 2. The summed E-state index contributed by atoms with van der Waals surface area (Å²) >= 11 is 0. The highest BCUT2D eigenvalue weighted by Gasteiger charge is 2.18. The zero-order valence-electron chi connectivity index (χ0n) is 16.5. The van der Waals surface area contributed by atoms with Gasteiger partial charge in [-0.15, -0.1) is 0 Å². The lowest BCUT2D eigenvalue weighted by Gasteiger charge is -2.10. The van der Waals surface area contributed by atoms with E-state index >= 15 is 0 Å². The molecule has 0 atom stereocenters. The van der Waals surface area contributed by atoms with E-state index < -0.39 is 0 Å². The summed E-state index contributed by atoms with van der Waals surface area (Å²) in [6.07, 6.45) is 1.45. The number of nitrogens with zero attached hydrogens (tertiary/aromatic N) is 2. The minimum Gasteiger partial charge on any atom is -0.457 e. The normalized spacial score (nSPS) is 10.3. The summed E-state index contributed by atoms with van der Waals surface area (Å²) < 4.78 is 7.28. The number of hydrogen-bond acceptors (Lipinski definition) is 5.